The van der Waals surface area contributed by atoms with Crippen molar-refractivity contribution in [1.29, 1.82) is 0 Å². The van der Waals surface area contributed by atoms with E-state index in [1.807, 2.05) is 24.3 Å². The van der Waals surface area contributed by atoms with Gasteiger partial charge in [-0.2, -0.15) is 0 Å². The number of hydrogen-bond acceptors (Lipinski definition) is 3. The van der Waals surface area contributed by atoms with Gasteiger partial charge in [0, 0.05) is 27.5 Å². The fraction of sp³-hybridized carbons (Fsp3) is 0.122. The van der Waals surface area contributed by atoms with Gasteiger partial charge in [0.05, 0.1) is 7.11 Å². The Labute approximate surface area is 257 Å². The van der Waals surface area contributed by atoms with Crippen molar-refractivity contribution in [3.63, 3.8) is 0 Å². The molecule has 0 amide bonds. The Morgan fingerprint density at radius 2 is 1.34 bits per heavy atom. The maximum absolute atomic E-state index is 10.1. The lowest BCUT2D eigenvalue weighted by molar-refractivity contribution is 0.163. The van der Waals surface area contributed by atoms with E-state index in [1.165, 1.54) is 38.8 Å². The number of rotatable bonds is 4. The number of methoxy groups -OCH3 is 1. The van der Waals surface area contributed by atoms with Crippen molar-refractivity contribution in [2.45, 2.75) is 24.9 Å². The quantitative estimate of drug-likeness (QED) is 0.228. The average molecular weight is 573 g/mol. The van der Waals surface area contributed by atoms with Gasteiger partial charge in [0.2, 0.25) is 0 Å². The standard InChI is InChI=1S/C41H32O3/c1-40(2)36-25-27(26-9-5-4-6-10-26)13-22-34(36)37-32-11-7-8-12-33(32)39-35(38(37)40)23-24-41(44-39,28-14-18-30(42)19-15-28)29-16-20-31(43-3)21-17-29/h4-25,42H,1-3H3. The molecule has 6 aromatic rings. The van der Waals surface area contributed by atoms with E-state index in [4.69, 9.17) is 9.47 Å². The maximum Gasteiger partial charge on any atom is 0.178 e. The molecule has 1 N–H and O–H groups in total. The molecule has 8 rings (SSSR count). The molecule has 3 nitrogen and oxygen atoms in total. The van der Waals surface area contributed by atoms with Gasteiger partial charge in [0.15, 0.2) is 5.60 Å². The lowest BCUT2D eigenvalue weighted by Gasteiger charge is -2.38. The van der Waals surface area contributed by atoms with Crippen molar-refractivity contribution in [2.75, 3.05) is 7.11 Å². The Kier molecular flexibility index (Phi) is 5.76. The minimum atomic E-state index is -0.903. The van der Waals surface area contributed by atoms with E-state index < -0.39 is 5.60 Å². The van der Waals surface area contributed by atoms with Gasteiger partial charge < -0.3 is 14.6 Å². The average Bonchev–Trinajstić information content (AvgIpc) is 3.31. The van der Waals surface area contributed by atoms with Gasteiger partial charge in [-0.25, -0.2) is 0 Å². The van der Waals surface area contributed by atoms with Crippen LogP contribution in [0.4, 0.5) is 0 Å². The van der Waals surface area contributed by atoms with Gasteiger partial charge in [0.25, 0.3) is 0 Å². The van der Waals surface area contributed by atoms with Gasteiger partial charge in [-0.15, -0.1) is 0 Å². The first kappa shape index (κ1) is 26.4. The third-order valence-electron chi connectivity index (χ3n) is 9.46. The smallest absolute Gasteiger partial charge is 0.178 e. The molecule has 0 aromatic heterocycles. The molecule has 1 unspecified atom stereocenters. The summed E-state index contributed by atoms with van der Waals surface area (Å²) in [6, 6.07) is 41.5. The van der Waals surface area contributed by atoms with Crippen LogP contribution in [0.15, 0.2) is 127 Å². The zero-order valence-corrected chi connectivity index (χ0v) is 25.0. The first-order valence-corrected chi connectivity index (χ1v) is 15.0. The first-order chi connectivity index (χ1) is 21.4. The summed E-state index contributed by atoms with van der Waals surface area (Å²) in [5.41, 5.74) is 9.49. The molecule has 0 saturated heterocycles. The van der Waals surface area contributed by atoms with Gasteiger partial charge in [-0.3, -0.25) is 0 Å². The van der Waals surface area contributed by atoms with Crippen LogP contribution in [0.5, 0.6) is 17.2 Å². The van der Waals surface area contributed by atoms with Crippen molar-refractivity contribution in [3.05, 3.63) is 155 Å². The maximum atomic E-state index is 10.1. The molecule has 3 heteroatoms. The summed E-state index contributed by atoms with van der Waals surface area (Å²) >= 11 is 0. The van der Waals surface area contributed by atoms with E-state index in [2.05, 4.69) is 111 Å². The normalized spacial score (nSPS) is 17.4. The summed E-state index contributed by atoms with van der Waals surface area (Å²) in [5.74, 6) is 1.87. The summed E-state index contributed by atoms with van der Waals surface area (Å²) < 4.78 is 12.8. The Morgan fingerprint density at radius 1 is 0.682 bits per heavy atom. The summed E-state index contributed by atoms with van der Waals surface area (Å²) in [5, 5.41) is 12.4. The monoisotopic (exact) mass is 572 g/mol. The minimum Gasteiger partial charge on any atom is -0.508 e. The SMILES string of the molecule is COc1ccc(C2(c3ccc(O)cc3)C=Cc3c4c(c5ccccc5c3O2)-c2ccc(-c3ccccc3)cc2C4(C)C)cc1. The predicted molar refractivity (Wildman–Crippen MR) is 178 cm³/mol. The highest BCUT2D eigenvalue weighted by atomic mass is 16.5. The Balaban J connectivity index is 1.38. The molecule has 1 heterocycles. The van der Waals surface area contributed by atoms with Gasteiger partial charge in [-0.1, -0.05) is 111 Å². The number of fused-ring (bicyclic) bond motifs is 8. The molecule has 6 aromatic carbocycles. The van der Waals surface area contributed by atoms with Crippen LogP contribution < -0.4 is 9.47 Å². The molecule has 0 spiro atoms. The molecule has 44 heavy (non-hydrogen) atoms. The second-order valence-corrected chi connectivity index (χ2v) is 12.2. The molecule has 1 aliphatic carbocycles. The summed E-state index contributed by atoms with van der Waals surface area (Å²) in [6.45, 7) is 4.67. The minimum absolute atomic E-state index is 0.219. The summed E-state index contributed by atoms with van der Waals surface area (Å²) in [4.78, 5) is 0. The van der Waals surface area contributed by atoms with Crippen LogP contribution in [0.2, 0.25) is 0 Å². The topological polar surface area (TPSA) is 38.7 Å². The number of ether oxygens (including phenoxy) is 2. The Hall–Kier alpha value is -5.28. The molecule has 214 valence electrons. The van der Waals surface area contributed by atoms with Crippen LogP contribution in [0, 0.1) is 0 Å². The highest BCUT2D eigenvalue weighted by Crippen LogP contribution is 2.58. The zero-order chi connectivity index (χ0) is 30.1. The second-order valence-electron chi connectivity index (χ2n) is 12.2. The van der Waals surface area contributed by atoms with Crippen molar-refractivity contribution >= 4 is 16.8 Å². The van der Waals surface area contributed by atoms with E-state index >= 15 is 0 Å². The number of phenolic OH excluding ortho intramolecular Hbond substituents is 1. The fourth-order valence-electron chi connectivity index (χ4n) is 7.27. The highest BCUT2D eigenvalue weighted by Gasteiger charge is 2.44. The van der Waals surface area contributed by atoms with E-state index in [0.29, 0.717) is 0 Å². The van der Waals surface area contributed by atoms with Crippen molar-refractivity contribution in [2.24, 2.45) is 0 Å². The summed E-state index contributed by atoms with van der Waals surface area (Å²) in [7, 11) is 1.67. The van der Waals surface area contributed by atoms with Crippen LogP contribution in [0.1, 0.15) is 41.7 Å². The van der Waals surface area contributed by atoms with Crippen LogP contribution >= 0.6 is 0 Å². The third-order valence-corrected chi connectivity index (χ3v) is 9.46. The largest absolute Gasteiger partial charge is 0.508 e. The van der Waals surface area contributed by atoms with Crippen LogP contribution in [-0.4, -0.2) is 12.2 Å². The van der Waals surface area contributed by atoms with Gasteiger partial charge in [0.1, 0.15) is 17.2 Å². The van der Waals surface area contributed by atoms with Gasteiger partial charge in [-0.05, 0) is 75.2 Å². The van der Waals surface area contributed by atoms with Crippen molar-refractivity contribution in [3.8, 4) is 39.5 Å². The molecule has 0 bridgehead atoms. The van der Waals surface area contributed by atoms with Crippen molar-refractivity contribution < 1.29 is 14.6 Å². The zero-order valence-electron chi connectivity index (χ0n) is 25.0. The third kappa shape index (κ3) is 3.75. The molecular formula is C41H32O3. The van der Waals surface area contributed by atoms with Crippen LogP contribution in [-0.2, 0) is 11.0 Å². The number of phenols is 1. The highest BCUT2D eigenvalue weighted by molar-refractivity contribution is 6.08. The van der Waals surface area contributed by atoms with E-state index in [1.54, 1.807) is 19.2 Å². The first-order valence-electron chi connectivity index (χ1n) is 15.0. The van der Waals surface area contributed by atoms with Crippen LogP contribution in [0.3, 0.4) is 0 Å². The van der Waals surface area contributed by atoms with Gasteiger partial charge >= 0.3 is 0 Å². The molecule has 0 fully saturated rings. The molecule has 0 radical (unpaired) electrons. The molecule has 2 aliphatic rings. The molecular weight excluding hydrogens is 540 g/mol. The Morgan fingerprint density at radius 3 is 2.05 bits per heavy atom. The van der Waals surface area contributed by atoms with E-state index in [-0.39, 0.29) is 11.2 Å². The lowest BCUT2D eigenvalue weighted by atomic mass is 9.76. The predicted octanol–water partition coefficient (Wildman–Crippen LogP) is 9.88. The Bertz CT molecular complexity index is 2090. The fourth-order valence-corrected chi connectivity index (χ4v) is 7.27. The summed E-state index contributed by atoms with van der Waals surface area (Å²) in [6.07, 6.45) is 4.43. The van der Waals surface area contributed by atoms with E-state index in [0.717, 1.165) is 33.6 Å². The number of aromatic hydroxyl groups is 1. The molecule has 1 atom stereocenters. The van der Waals surface area contributed by atoms with Crippen molar-refractivity contribution in [1.82, 2.24) is 0 Å². The number of hydrogen-bond donors (Lipinski definition) is 1. The van der Waals surface area contributed by atoms with Crippen LogP contribution in [0.25, 0.3) is 39.1 Å². The second kappa shape index (κ2) is 9.62. The molecule has 1 aliphatic heterocycles. The number of benzene rings is 6. The molecule has 0 saturated carbocycles. The lowest BCUT2D eigenvalue weighted by Crippen LogP contribution is -2.35. The van der Waals surface area contributed by atoms with E-state index in [9.17, 15) is 5.11 Å².